The Kier molecular flexibility index (Phi) is 5.18. The number of ketones is 1. The quantitative estimate of drug-likeness (QED) is 0.758. The van der Waals surface area contributed by atoms with E-state index in [-0.39, 0.29) is 29.6 Å². The topological polar surface area (TPSA) is 91.9 Å². The molecule has 0 spiro atoms. The van der Waals surface area contributed by atoms with Gasteiger partial charge >= 0.3 is 0 Å². The van der Waals surface area contributed by atoms with Crippen LogP contribution >= 0.6 is 0 Å². The van der Waals surface area contributed by atoms with Gasteiger partial charge in [0, 0.05) is 43.9 Å². The zero-order valence-corrected chi connectivity index (χ0v) is 19.3. The van der Waals surface area contributed by atoms with Gasteiger partial charge in [0.15, 0.2) is 17.3 Å². The number of nitrogens with one attached hydrogen (secondary N) is 1. The number of aromatic nitrogens is 1. The molecule has 1 saturated heterocycles. The number of hydrogen-bond donors (Lipinski definition) is 1. The number of ether oxygens (including phenoxy) is 2. The van der Waals surface area contributed by atoms with Crippen molar-refractivity contribution < 1.29 is 23.9 Å². The highest BCUT2D eigenvalue weighted by molar-refractivity contribution is 6.04. The Hall–Kier alpha value is -3.29. The maximum absolute atomic E-state index is 13.3. The number of Topliss-reactive ketones (excluding diaryl/α,β-unsaturated/α-hetero) is 1. The van der Waals surface area contributed by atoms with Crippen LogP contribution < -0.4 is 9.47 Å². The summed E-state index contributed by atoms with van der Waals surface area (Å²) in [5.74, 6) is 1.06. The highest BCUT2D eigenvalue weighted by atomic mass is 16.6. The van der Waals surface area contributed by atoms with Gasteiger partial charge in [-0.05, 0) is 36.5 Å². The Balaban J connectivity index is 1.24. The first-order valence-electron chi connectivity index (χ1n) is 11.4. The van der Waals surface area contributed by atoms with E-state index in [0.717, 1.165) is 17.7 Å². The molecule has 0 radical (unpaired) electrons. The number of para-hydroxylation sites is 2. The standard InChI is InChI=1S/C25H29N3O5/c1-15-21-16(12-25(2,3)13-17(21)29)26-22(15)24(31)28-10-8-27(9-11-28)23(30)20-14-32-18-6-4-5-7-19(18)33-20/h4-7,20,26H,8-14H2,1-3H3/t20-/m1/s1. The maximum atomic E-state index is 13.3. The van der Waals surface area contributed by atoms with Gasteiger partial charge in [0.2, 0.25) is 6.10 Å². The van der Waals surface area contributed by atoms with Crippen molar-refractivity contribution in [3.8, 4) is 11.5 Å². The number of nitrogens with zero attached hydrogens (tertiary/aromatic N) is 2. The smallest absolute Gasteiger partial charge is 0.270 e. The van der Waals surface area contributed by atoms with Crippen LogP contribution in [0.5, 0.6) is 11.5 Å². The van der Waals surface area contributed by atoms with E-state index < -0.39 is 6.10 Å². The van der Waals surface area contributed by atoms with Crippen LogP contribution in [0, 0.1) is 12.3 Å². The van der Waals surface area contributed by atoms with Crippen molar-refractivity contribution in [3.63, 3.8) is 0 Å². The van der Waals surface area contributed by atoms with Crippen molar-refractivity contribution in [2.24, 2.45) is 5.41 Å². The summed E-state index contributed by atoms with van der Waals surface area (Å²) < 4.78 is 11.5. The van der Waals surface area contributed by atoms with E-state index >= 15 is 0 Å². The van der Waals surface area contributed by atoms with Crippen LogP contribution in [0.2, 0.25) is 0 Å². The number of carbonyl (C=O) groups excluding carboxylic acids is 3. The normalized spacial score (nSPS) is 21.5. The highest BCUT2D eigenvalue weighted by Crippen LogP contribution is 2.37. The van der Waals surface area contributed by atoms with E-state index in [9.17, 15) is 14.4 Å². The van der Waals surface area contributed by atoms with Crippen molar-refractivity contribution in [1.29, 1.82) is 0 Å². The molecular weight excluding hydrogens is 422 g/mol. The fourth-order valence-corrected chi connectivity index (χ4v) is 5.08. The number of carbonyl (C=O) groups is 3. The summed E-state index contributed by atoms with van der Waals surface area (Å²) >= 11 is 0. The van der Waals surface area contributed by atoms with Gasteiger partial charge in [-0.15, -0.1) is 0 Å². The lowest BCUT2D eigenvalue weighted by atomic mass is 9.75. The van der Waals surface area contributed by atoms with E-state index in [1.165, 1.54) is 0 Å². The van der Waals surface area contributed by atoms with Gasteiger partial charge in [0.25, 0.3) is 11.8 Å². The lowest BCUT2D eigenvalue weighted by Crippen LogP contribution is -2.55. The number of benzene rings is 1. The molecule has 1 aliphatic carbocycles. The Bertz CT molecular complexity index is 1130. The molecule has 1 atom stereocenters. The summed E-state index contributed by atoms with van der Waals surface area (Å²) in [4.78, 5) is 45.6. The molecule has 0 saturated carbocycles. The van der Waals surface area contributed by atoms with Gasteiger partial charge in [0.05, 0.1) is 0 Å². The minimum atomic E-state index is -0.686. The highest BCUT2D eigenvalue weighted by Gasteiger charge is 2.37. The van der Waals surface area contributed by atoms with Gasteiger partial charge in [-0.1, -0.05) is 26.0 Å². The summed E-state index contributed by atoms with van der Waals surface area (Å²) in [6.45, 7) is 7.87. The first-order valence-corrected chi connectivity index (χ1v) is 11.4. The molecule has 2 amide bonds. The van der Waals surface area contributed by atoms with E-state index in [0.29, 0.717) is 55.4 Å². The second kappa shape index (κ2) is 7.93. The zero-order valence-electron chi connectivity index (χ0n) is 19.3. The van der Waals surface area contributed by atoms with Crippen LogP contribution in [0.25, 0.3) is 0 Å². The molecule has 1 fully saturated rings. The van der Waals surface area contributed by atoms with E-state index in [1.807, 2.05) is 25.1 Å². The molecule has 8 heteroatoms. The number of aromatic amines is 1. The van der Waals surface area contributed by atoms with Crippen molar-refractivity contribution in [2.75, 3.05) is 32.8 Å². The molecule has 2 aromatic rings. The summed E-state index contributed by atoms with van der Waals surface area (Å²) in [6, 6.07) is 7.30. The Labute approximate surface area is 192 Å². The monoisotopic (exact) mass is 451 g/mol. The molecule has 0 bridgehead atoms. The molecule has 1 aromatic carbocycles. The second-order valence-electron chi connectivity index (χ2n) is 9.90. The lowest BCUT2D eigenvalue weighted by molar-refractivity contribution is -0.142. The van der Waals surface area contributed by atoms with Crippen LogP contribution in [-0.4, -0.2) is 71.3 Å². The number of amides is 2. The molecule has 1 aromatic heterocycles. The first kappa shape index (κ1) is 21.6. The third kappa shape index (κ3) is 3.87. The molecule has 2 aliphatic heterocycles. The molecule has 33 heavy (non-hydrogen) atoms. The molecule has 174 valence electrons. The third-order valence-electron chi connectivity index (χ3n) is 6.78. The Morgan fingerprint density at radius 1 is 1.03 bits per heavy atom. The minimum absolute atomic E-state index is 0.0979. The van der Waals surface area contributed by atoms with Crippen LogP contribution in [-0.2, 0) is 11.2 Å². The van der Waals surface area contributed by atoms with E-state index in [4.69, 9.17) is 9.47 Å². The summed E-state index contributed by atoms with van der Waals surface area (Å²) in [5, 5.41) is 0. The Morgan fingerprint density at radius 3 is 2.42 bits per heavy atom. The van der Waals surface area contributed by atoms with Gasteiger partial charge in [0.1, 0.15) is 12.3 Å². The largest absolute Gasteiger partial charge is 0.485 e. The maximum Gasteiger partial charge on any atom is 0.270 e. The van der Waals surface area contributed by atoms with E-state index in [1.54, 1.807) is 15.9 Å². The molecule has 0 unspecified atom stereocenters. The predicted octanol–water partition coefficient (Wildman–Crippen LogP) is 2.60. The number of H-pyrrole nitrogens is 1. The minimum Gasteiger partial charge on any atom is -0.485 e. The fraction of sp³-hybridized carbons (Fsp3) is 0.480. The van der Waals surface area contributed by atoms with Crippen molar-refractivity contribution in [2.45, 2.75) is 39.7 Å². The van der Waals surface area contributed by atoms with Gasteiger partial charge in [-0.3, -0.25) is 14.4 Å². The first-order chi connectivity index (χ1) is 15.7. The molecule has 3 aliphatic rings. The zero-order chi connectivity index (χ0) is 23.3. The fourth-order valence-electron chi connectivity index (χ4n) is 5.08. The van der Waals surface area contributed by atoms with Crippen molar-refractivity contribution in [1.82, 2.24) is 14.8 Å². The molecule has 5 rings (SSSR count). The average Bonchev–Trinajstić information content (AvgIpc) is 3.13. The average molecular weight is 452 g/mol. The number of hydrogen-bond acceptors (Lipinski definition) is 5. The molecule has 3 heterocycles. The summed E-state index contributed by atoms with van der Waals surface area (Å²) in [7, 11) is 0. The van der Waals surface area contributed by atoms with Crippen molar-refractivity contribution >= 4 is 17.6 Å². The summed E-state index contributed by atoms with van der Waals surface area (Å²) in [5.41, 5.74) is 2.66. The molecular formula is C25H29N3O5. The van der Waals surface area contributed by atoms with Gasteiger partial charge in [-0.25, -0.2) is 0 Å². The Morgan fingerprint density at radius 2 is 1.70 bits per heavy atom. The summed E-state index contributed by atoms with van der Waals surface area (Å²) in [6.07, 6.45) is 0.551. The van der Waals surface area contributed by atoms with Crippen LogP contribution in [0.4, 0.5) is 0 Å². The van der Waals surface area contributed by atoms with Gasteiger partial charge < -0.3 is 24.3 Å². The molecule has 8 nitrogen and oxygen atoms in total. The number of piperazine rings is 1. The predicted molar refractivity (Wildman–Crippen MR) is 121 cm³/mol. The van der Waals surface area contributed by atoms with E-state index in [2.05, 4.69) is 18.8 Å². The third-order valence-corrected chi connectivity index (χ3v) is 6.78. The molecule has 1 N–H and O–H groups in total. The number of rotatable bonds is 2. The second-order valence-corrected chi connectivity index (χ2v) is 9.90. The van der Waals surface area contributed by atoms with Crippen molar-refractivity contribution in [3.05, 3.63) is 46.8 Å². The van der Waals surface area contributed by atoms with Gasteiger partial charge in [-0.2, -0.15) is 0 Å². The number of fused-ring (bicyclic) bond motifs is 2. The lowest BCUT2D eigenvalue weighted by Gasteiger charge is -2.37. The van der Waals surface area contributed by atoms with Crippen LogP contribution in [0.1, 0.15) is 52.4 Å². The SMILES string of the molecule is Cc1c(C(=O)N2CCN(C(=O)[C@H]3COc4ccccc4O3)CC2)[nH]c2c1C(=O)CC(C)(C)C2. The van der Waals surface area contributed by atoms with Crippen LogP contribution in [0.15, 0.2) is 24.3 Å². The van der Waals surface area contributed by atoms with Crippen LogP contribution in [0.3, 0.4) is 0 Å².